The summed E-state index contributed by atoms with van der Waals surface area (Å²) in [5, 5.41) is 16.7. The summed E-state index contributed by atoms with van der Waals surface area (Å²) in [7, 11) is 3.42. The van der Waals surface area contributed by atoms with Crippen LogP contribution in [0.2, 0.25) is 0 Å². The standard InChI is InChI=1S/C29H43N3O4S/c1-17(2)20(15-18(3)27(35)36)32(10)26(34)24(28(4,5)6)31-25(33)23(30-9)29(7,8)22-16-19-13-11-12-14-21(19)37-22/h11-17,20,23-24,30H,1-10H3,(H,31,33)(H,35,36)/t20-,23-,24-/m1/s1. The van der Waals surface area contributed by atoms with E-state index in [0.29, 0.717) is 0 Å². The number of nitrogens with one attached hydrogen (secondary N) is 2. The fourth-order valence-corrected chi connectivity index (χ4v) is 5.76. The van der Waals surface area contributed by atoms with Crippen LogP contribution in [0.3, 0.4) is 0 Å². The fraction of sp³-hybridized carbons (Fsp3) is 0.552. The van der Waals surface area contributed by atoms with Gasteiger partial charge in [-0.1, -0.05) is 72.7 Å². The van der Waals surface area contributed by atoms with Crippen LogP contribution in [0.15, 0.2) is 42.0 Å². The van der Waals surface area contributed by atoms with E-state index in [2.05, 4.69) is 28.8 Å². The molecule has 0 aliphatic heterocycles. The van der Waals surface area contributed by atoms with Crippen LogP contribution in [-0.4, -0.2) is 60.0 Å². The molecule has 204 valence electrons. The van der Waals surface area contributed by atoms with Crippen LogP contribution in [0.1, 0.15) is 60.3 Å². The molecule has 7 nitrogen and oxygen atoms in total. The molecule has 8 heteroatoms. The van der Waals surface area contributed by atoms with Gasteiger partial charge in [0.1, 0.15) is 6.04 Å². The minimum absolute atomic E-state index is 0.0171. The first-order valence-electron chi connectivity index (χ1n) is 12.7. The van der Waals surface area contributed by atoms with Gasteiger partial charge in [-0.3, -0.25) is 9.59 Å². The zero-order chi connectivity index (χ0) is 28.3. The Morgan fingerprint density at radius 2 is 1.65 bits per heavy atom. The van der Waals surface area contributed by atoms with E-state index in [-0.39, 0.29) is 23.3 Å². The maximum absolute atomic E-state index is 13.8. The van der Waals surface area contributed by atoms with Crippen molar-refractivity contribution in [2.75, 3.05) is 14.1 Å². The summed E-state index contributed by atoms with van der Waals surface area (Å²) in [6, 6.07) is 8.45. The second-order valence-corrected chi connectivity index (χ2v) is 12.8. The molecule has 0 radical (unpaired) electrons. The first kappa shape index (κ1) is 30.5. The molecule has 0 spiro atoms. The monoisotopic (exact) mass is 529 g/mol. The number of carbonyl (C=O) groups is 3. The number of carboxylic acid groups (broad SMARTS) is 1. The maximum atomic E-state index is 13.8. The van der Waals surface area contributed by atoms with Crippen molar-refractivity contribution in [3.63, 3.8) is 0 Å². The third-order valence-electron chi connectivity index (χ3n) is 6.97. The van der Waals surface area contributed by atoms with Crippen molar-refractivity contribution >= 4 is 39.2 Å². The highest BCUT2D eigenvalue weighted by molar-refractivity contribution is 7.19. The lowest BCUT2D eigenvalue weighted by Crippen LogP contribution is -2.61. The quantitative estimate of drug-likeness (QED) is 0.384. The lowest BCUT2D eigenvalue weighted by atomic mass is 9.80. The number of aliphatic carboxylic acids is 1. The smallest absolute Gasteiger partial charge is 0.331 e. The Morgan fingerprint density at radius 3 is 2.14 bits per heavy atom. The maximum Gasteiger partial charge on any atom is 0.331 e. The van der Waals surface area contributed by atoms with Crippen LogP contribution < -0.4 is 10.6 Å². The summed E-state index contributed by atoms with van der Waals surface area (Å²) < 4.78 is 1.16. The van der Waals surface area contributed by atoms with Gasteiger partial charge in [0.25, 0.3) is 0 Å². The molecule has 3 atom stereocenters. The normalized spacial score (nSPS) is 15.4. The van der Waals surface area contributed by atoms with Gasteiger partial charge in [0.05, 0.1) is 12.1 Å². The van der Waals surface area contributed by atoms with Crippen molar-refractivity contribution in [3.05, 3.63) is 46.9 Å². The summed E-state index contributed by atoms with van der Waals surface area (Å²) in [5.41, 5.74) is -0.939. The number of hydrogen-bond donors (Lipinski definition) is 3. The Bertz CT molecular complexity index is 1130. The number of thiophene rings is 1. The molecule has 1 heterocycles. The number of carboxylic acids is 1. The van der Waals surface area contributed by atoms with Crippen molar-refractivity contribution in [2.45, 2.75) is 78.9 Å². The van der Waals surface area contributed by atoms with Gasteiger partial charge >= 0.3 is 5.97 Å². The Labute approximate surface area is 225 Å². The lowest BCUT2D eigenvalue weighted by Gasteiger charge is -2.39. The van der Waals surface area contributed by atoms with Gasteiger partial charge in [-0.25, -0.2) is 4.79 Å². The number of carbonyl (C=O) groups excluding carboxylic acids is 2. The molecule has 0 aliphatic rings. The number of hydrogen-bond acceptors (Lipinski definition) is 5. The topological polar surface area (TPSA) is 98.7 Å². The van der Waals surface area contributed by atoms with E-state index in [1.54, 1.807) is 36.4 Å². The average molecular weight is 530 g/mol. The molecule has 0 fully saturated rings. The minimum Gasteiger partial charge on any atom is -0.478 e. The molecule has 1 aromatic carbocycles. The predicted molar refractivity (Wildman–Crippen MR) is 152 cm³/mol. The van der Waals surface area contributed by atoms with Crippen LogP contribution in [0.5, 0.6) is 0 Å². The molecular formula is C29H43N3O4S. The van der Waals surface area contributed by atoms with Gasteiger partial charge in [-0.05, 0) is 42.8 Å². The third-order valence-corrected chi connectivity index (χ3v) is 8.42. The van der Waals surface area contributed by atoms with E-state index >= 15 is 0 Å². The first-order valence-corrected chi connectivity index (χ1v) is 13.5. The molecule has 0 saturated heterocycles. The second-order valence-electron chi connectivity index (χ2n) is 11.7. The van der Waals surface area contributed by atoms with Gasteiger partial charge in [0.15, 0.2) is 0 Å². The largest absolute Gasteiger partial charge is 0.478 e. The highest BCUT2D eigenvalue weighted by Crippen LogP contribution is 2.37. The molecule has 0 unspecified atom stereocenters. The Balaban J connectivity index is 2.37. The Hall–Kier alpha value is -2.71. The van der Waals surface area contributed by atoms with Gasteiger partial charge < -0.3 is 20.6 Å². The molecule has 2 rings (SSSR count). The molecule has 0 aliphatic carbocycles. The predicted octanol–water partition coefficient (Wildman–Crippen LogP) is 4.81. The summed E-state index contributed by atoms with van der Waals surface area (Å²) in [6.07, 6.45) is 1.60. The number of likely N-dealkylation sites (N-methyl/N-ethyl adjacent to an activating group) is 2. The molecular weight excluding hydrogens is 486 g/mol. The summed E-state index contributed by atoms with van der Waals surface area (Å²) in [6.45, 7) is 15.2. The van der Waals surface area contributed by atoms with Crippen molar-refractivity contribution < 1.29 is 19.5 Å². The number of nitrogens with zero attached hydrogens (tertiary/aromatic N) is 1. The highest BCUT2D eigenvalue weighted by Gasteiger charge is 2.42. The minimum atomic E-state index is -1.02. The first-order chi connectivity index (χ1) is 17.0. The van der Waals surface area contributed by atoms with Crippen molar-refractivity contribution in [2.24, 2.45) is 11.3 Å². The Kier molecular flexibility index (Phi) is 9.71. The van der Waals surface area contributed by atoms with E-state index in [9.17, 15) is 19.5 Å². The van der Waals surface area contributed by atoms with E-state index < -0.39 is 34.9 Å². The molecule has 2 aromatic rings. The van der Waals surface area contributed by atoms with Gasteiger partial charge in [0, 0.05) is 27.6 Å². The number of amides is 2. The van der Waals surface area contributed by atoms with Crippen LogP contribution >= 0.6 is 11.3 Å². The molecule has 0 bridgehead atoms. The molecule has 3 N–H and O–H groups in total. The highest BCUT2D eigenvalue weighted by atomic mass is 32.1. The molecule has 0 saturated carbocycles. The van der Waals surface area contributed by atoms with Crippen molar-refractivity contribution in [3.8, 4) is 0 Å². The summed E-state index contributed by atoms with van der Waals surface area (Å²) in [4.78, 5) is 41.6. The van der Waals surface area contributed by atoms with E-state index in [4.69, 9.17) is 0 Å². The van der Waals surface area contributed by atoms with Gasteiger partial charge in [-0.15, -0.1) is 11.3 Å². The fourth-order valence-electron chi connectivity index (χ4n) is 4.57. The zero-order valence-electron chi connectivity index (χ0n) is 23.8. The van der Waals surface area contributed by atoms with Crippen molar-refractivity contribution in [1.82, 2.24) is 15.5 Å². The van der Waals surface area contributed by atoms with Crippen LogP contribution in [0.25, 0.3) is 10.1 Å². The zero-order valence-corrected chi connectivity index (χ0v) is 24.6. The summed E-state index contributed by atoms with van der Waals surface area (Å²) >= 11 is 1.67. The second kappa shape index (κ2) is 11.8. The Morgan fingerprint density at radius 1 is 1.05 bits per heavy atom. The molecule has 1 aromatic heterocycles. The van der Waals surface area contributed by atoms with Gasteiger partial charge in [0.2, 0.25) is 11.8 Å². The third kappa shape index (κ3) is 6.99. The van der Waals surface area contributed by atoms with Crippen molar-refractivity contribution in [1.29, 1.82) is 0 Å². The number of fused-ring (bicyclic) bond motifs is 1. The SMILES string of the molecule is CN[C@H](C(=O)N[C@H](C(=O)N(C)[C@H](C=C(C)C(=O)O)C(C)C)C(C)(C)C)C(C)(C)c1cc2ccccc2s1. The van der Waals surface area contributed by atoms with E-state index in [1.165, 1.54) is 6.92 Å². The van der Waals surface area contributed by atoms with Gasteiger partial charge in [-0.2, -0.15) is 0 Å². The average Bonchev–Trinajstić information content (AvgIpc) is 3.24. The van der Waals surface area contributed by atoms with Crippen LogP contribution in [0, 0.1) is 11.3 Å². The van der Waals surface area contributed by atoms with Crippen LogP contribution in [0.4, 0.5) is 0 Å². The molecule has 37 heavy (non-hydrogen) atoms. The number of rotatable bonds is 10. The van der Waals surface area contributed by atoms with Crippen LogP contribution in [-0.2, 0) is 19.8 Å². The van der Waals surface area contributed by atoms with E-state index in [0.717, 1.165) is 15.0 Å². The lowest BCUT2D eigenvalue weighted by molar-refractivity contribution is -0.141. The summed E-state index contributed by atoms with van der Waals surface area (Å²) in [5.74, 6) is -1.56. The number of benzene rings is 1. The van der Waals surface area contributed by atoms with E-state index in [1.807, 2.05) is 60.6 Å². The molecule has 2 amide bonds.